The van der Waals surface area contributed by atoms with Crippen molar-refractivity contribution >= 4 is 5.82 Å². The fraction of sp³-hybridized carbons (Fsp3) is 0.722. The molecule has 1 aromatic heterocycles. The summed E-state index contributed by atoms with van der Waals surface area (Å²) < 4.78 is 0. The van der Waals surface area contributed by atoms with Gasteiger partial charge >= 0.3 is 0 Å². The maximum atomic E-state index is 4.93. The van der Waals surface area contributed by atoms with Crippen LogP contribution in [0, 0.1) is 12.8 Å². The molecule has 1 saturated heterocycles. The first-order valence-electron chi connectivity index (χ1n) is 8.73. The molecule has 0 aromatic carbocycles. The molecule has 3 heteroatoms. The van der Waals surface area contributed by atoms with Gasteiger partial charge in [0, 0.05) is 24.8 Å². The van der Waals surface area contributed by atoms with Crippen LogP contribution in [-0.2, 0) is 6.54 Å². The Morgan fingerprint density at radius 2 is 2.00 bits per heavy atom. The van der Waals surface area contributed by atoms with Gasteiger partial charge in [0.2, 0.25) is 0 Å². The van der Waals surface area contributed by atoms with Gasteiger partial charge in [-0.2, -0.15) is 0 Å². The fourth-order valence-electron chi connectivity index (χ4n) is 4.09. The van der Waals surface area contributed by atoms with Crippen molar-refractivity contribution in [2.24, 2.45) is 5.92 Å². The van der Waals surface area contributed by atoms with E-state index >= 15 is 0 Å². The van der Waals surface area contributed by atoms with E-state index in [1.807, 2.05) is 0 Å². The van der Waals surface area contributed by atoms with E-state index in [1.54, 1.807) is 0 Å². The second-order valence-electron chi connectivity index (χ2n) is 6.64. The molecule has 0 amide bonds. The third-order valence-electron chi connectivity index (χ3n) is 5.28. The highest BCUT2D eigenvalue weighted by molar-refractivity contribution is 5.43. The van der Waals surface area contributed by atoms with Crippen LogP contribution < -0.4 is 10.2 Å². The van der Waals surface area contributed by atoms with Crippen molar-refractivity contribution in [3.63, 3.8) is 0 Å². The number of anilines is 1. The third-order valence-corrected chi connectivity index (χ3v) is 5.28. The lowest BCUT2D eigenvalue weighted by molar-refractivity contribution is 0.242. The number of aromatic nitrogens is 1. The van der Waals surface area contributed by atoms with Crippen molar-refractivity contribution in [2.75, 3.05) is 18.0 Å². The molecule has 2 fully saturated rings. The zero-order chi connectivity index (χ0) is 14.7. The number of nitrogens with one attached hydrogen (secondary N) is 1. The molecule has 0 radical (unpaired) electrons. The summed E-state index contributed by atoms with van der Waals surface area (Å²) in [6.45, 7) is 7.44. The lowest BCUT2D eigenvalue weighted by Gasteiger charge is -2.45. The number of rotatable bonds is 4. The molecule has 1 aliphatic carbocycles. The molecule has 3 nitrogen and oxygen atoms in total. The Kier molecular flexibility index (Phi) is 4.79. The van der Waals surface area contributed by atoms with Gasteiger partial charge in [-0.1, -0.05) is 25.8 Å². The summed E-state index contributed by atoms with van der Waals surface area (Å²) in [5.74, 6) is 2.13. The number of fused-ring (bicyclic) bond motifs is 1. The maximum Gasteiger partial charge on any atom is 0.129 e. The average molecular weight is 287 g/mol. The first-order chi connectivity index (χ1) is 10.3. The van der Waals surface area contributed by atoms with Gasteiger partial charge in [0.25, 0.3) is 0 Å². The van der Waals surface area contributed by atoms with Gasteiger partial charge in [0.05, 0.1) is 0 Å². The van der Waals surface area contributed by atoms with Crippen molar-refractivity contribution in [1.82, 2.24) is 10.3 Å². The highest BCUT2D eigenvalue weighted by Gasteiger charge is 2.33. The predicted molar refractivity (Wildman–Crippen MR) is 88.7 cm³/mol. The molecule has 2 heterocycles. The summed E-state index contributed by atoms with van der Waals surface area (Å²) in [6, 6.07) is 5.27. The van der Waals surface area contributed by atoms with E-state index in [4.69, 9.17) is 4.98 Å². The van der Waals surface area contributed by atoms with E-state index in [9.17, 15) is 0 Å². The molecule has 21 heavy (non-hydrogen) atoms. The number of nitrogens with zero attached hydrogens (tertiary/aromatic N) is 2. The minimum atomic E-state index is 0.749. The van der Waals surface area contributed by atoms with E-state index < -0.39 is 0 Å². The molecule has 1 saturated carbocycles. The van der Waals surface area contributed by atoms with Crippen LogP contribution in [0.4, 0.5) is 5.82 Å². The lowest BCUT2D eigenvalue weighted by Crippen LogP contribution is -2.47. The number of hydrogen-bond acceptors (Lipinski definition) is 3. The summed E-state index contributed by atoms with van der Waals surface area (Å²) in [4.78, 5) is 7.54. The van der Waals surface area contributed by atoms with Gasteiger partial charge in [-0.3, -0.25) is 0 Å². The van der Waals surface area contributed by atoms with Gasteiger partial charge in [-0.05, 0) is 56.7 Å². The van der Waals surface area contributed by atoms with E-state index in [0.717, 1.165) is 25.0 Å². The average Bonchev–Trinajstić information content (AvgIpc) is 2.53. The van der Waals surface area contributed by atoms with E-state index in [-0.39, 0.29) is 0 Å². The minimum Gasteiger partial charge on any atom is -0.353 e. The van der Waals surface area contributed by atoms with Crippen molar-refractivity contribution in [2.45, 2.75) is 65.0 Å². The summed E-state index contributed by atoms with van der Waals surface area (Å²) in [7, 11) is 0. The Labute approximate surface area is 129 Å². The second-order valence-corrected chi connectivity index (χ2v) is 6.64. The molecule has 1 aliphatic heterocycles. The van der Waals surface area contributed by atoms with Crippen LogP contribution in [0.1, 0.15) is 56.7 Å². The molecular weight excluding hydrogens is 258 g/mol. The zero-order valence-corrected chi connectivity index (χ0v) is 13.6. The number of aryl methyl sites for hydroxylation is 1. The molecular formula is C18H29N3. The van der Waals surface area contributed by atoms with Crippen LogP contribution in [0.5, 0.6) is 0 Å². The zero-order valence-electron chi connectivity index (χ0n) is 13.6. The highest BCUT2D eigenvalue weighted by atomic mass is 15.2. The Bertz CT molecular complexity index is 470. The van der Waals surface area contributed by atoms with Crippen LogP contribution in [0.2, 0.25) is 0 Å². The van der Waals surface area contributed by atoms with Gasteiger partial charge in [-0.15, -0.1) is 0 Å². The van der Waals surface area contributed by atoms with Crippen LogP contribution >= 0.6 is 0 Å². The normalized spacial score (nSPS) is 25.7. The molecule has 3 rings (SSSR count). The van der Waals surface area contributed by atoms with Gasteiger partial charge in [0.1, 0.15) is 5.82 Å². The summed E-state index contributed by atoms with van der Waals surface area (Å²) in [6.07, 6.45) is 8.39. The molecule has 0 bridgehead atoms. The van der Waals surface area contributed by atoms with Gasteiger partial charge < -0.3 is 10.2 Å². The fourth-order valence-corrected chi connectivity index (χ4v) is 4.09. The SMILES string of the molecule is CCNCc1ccc(N2CCC[C@H]3CCCC[C@H]32)nc1C. The minimum absolute atomic E-state index is 0.749. The van der Waals surface area contributed by atoms with Crippen LogP contribution in [0.25, 0.3) is 0 Å². The maximum absolute atomic E-state index is 4.93. The van der Waals surface area contributed by atoms with Crippen LogP contribution in [0.3, 0.4) is 0 Å². The smallest absolute Gasteiger partial charge is 0.129 e. The largest absolute Gasteiger partial charge is 0.353 e. The van der Waals surface area contributed by atoms with Crippen molar-refractivity contribution in [3.05, 3.63) is 23.4 Å². The topological polar surface area (TPSA) is 28.2 Å². The van der Waals surface area contributed by atoms with E-state index in [1.165, 1.54) is 62.1 Å². The number of hydrogen-bond donors (Lipinski definition) is 1. The van der Waals surface area contributed by atoms with Gasteiger partial charge in [0.15, 0.2) is 0 Å². The Hall–Kier alpha value is -1.09. The van der Waals surface area contributed by atoms with Crippen molar-refractivity contribution in [3.8, 4) is 0 Å². The molecule has 0 unspecified atom stereocenters. The summed E-state index contributed by atoms with van der Waals surface area (Å²) >= 11 is 0. The van der Waals surface area contributed by atoms with E-state index in [2.05, 4.69) is 36.2 Å². The first kappa shape index (κ1) is 14.8. The monoisotopic (exact) mass is 287 g/mol. The van der Waals surface area contributed by atoms with Gasteiger partial charge in [-0.25, -0.2) is 4.98 Å². The molecule has 2 atom stereocenters. The number of pyridine rings is 1. The molecule has 1 aromatic rings. The molecule has 2 aliphatic rings. The van der Waals surface area contributed by atoms with Crippen molar-refractivity contribution < 1.29 is 0 Å². The van der Waals surface area contributed by atoms with Crippen LogP contribution in [-0.4, -0.2) is 24.1 Å². The number of piperidine rings is 1. The Morgan fingerprint density at radius 1 is 1.19 bits per heavy atom. The summed E-state index contributed by atoms with van der Waals surface area (Å²) in [5.41, 5.74) is 2.52. The second kappa shape index (κ2) is 6.78. The molecule has 0 spiro atoms. The van der Waals surface area contributed by atoms with Crippen LogP contribution in [0.15, 0.2) is 12.1 Å². The first-order valence-corrected chi connectivity index (χ1v) is 8.73. The highest BCUT2D eigenvalue weighted by Crippen LogP contribution is 2.37. The van der Waals surface area contributed by atoms with E-state index in [0.29, 0.717) is 0 Å². The lowest BCUT2D eigenvalue weighted by atomic mass is 9.78. The van der Waals surface area contributed by atoms with Crippen molar-refractivity contribution in [1.29, 1.82) is 0 Å². The Morgan fingerprint density at radius 3 is 2.81 bits per heavy atom. The molecule has 1 N–H and O–H groups in total. The predicted octanol–water partition coefficient (Wildman–Crippen LogP) is 3.66. The quantitative estimate of drug-likeness (QED) is 0.916. The Balaban J connectivity index is 1.77. The summed E-state index contributed by atoms with van der Waals surface area (Å²) in [5, 5.41) is 3.40. The third kappa shape index (κ3) is 3.23. The molecule has 116 valence electrons. The standard InChI is InChI=1S/C18H29N3/c1-3-19-13-16-10-11-18(20-14(16)2)21-12-6-8-15-7-4-5-9-17(15)21/h10-11,15,17,19H,3-9,12-13H2,1-2H3/t15-,17-/m1/s1.